The number of ether oxygens (including phenoxy) is 1. The summed E-state index contributed by atoms with van der Waals surface area (Å²) in [5.41, 5.74) is 0. The average Bonchev–Trinajstić information content (AvgIpc) is 2.68. The first kappa shape index (κ1) is 21.8. The number of carbonyl (C=O) groups excluding carboxylic acids is 1. The monoisotopic (exact) mass is 392 g/mol. The zero-order chi connectivity index (χ0) is 19.3. The SMILES string of the molecule is C=CCCNCCCCC1CCC(CNC(=O)Oc2ccc(Cl)cc2)CC1. The number of hydrogen-bond acceptors (Lipinski definition) is 3. The summed E-state index contributed by atoms with van der Waals surface area (Å²) in [4.78, 5) is 11.9. The van der Waals surface area contributed by atoms with Crippen LogP contribution in [0, 0.1) is 11.8 Å². The first-order valence-electron chi connectivity index (χ1n) is 10.2. The van der Waals surface area contributed by atoms with E-state index in [1.54, 1.807) is 24.3 Å². The molecule has 1 aromatic carbocycles. The Kier molecular flexibility index (Phi) is 10.3. The topological polar surface area (TPSA) is 50.4 Å². The molecule has 0 aromatic heterocycles. The summed E-state index contributed by atoms with van der Waals surface area (Å²) < 4.78 is 5.26. The van der Waals surface area contributed by atoms with E-state index in [-0.39, 0.29) is 6.09 Å². The predicted molar refractivity (Wildman–Crippen MR) is 112 cm³/mol. The maximum atomic E-state index is 11.9. The van der Waals surface area contributed by atoms with E-state index in [0.29, 0.717) is 23.2 Å². The molecule has 0 saturated heterocycles. The van der Waals surface area contributed by atoms with Crippen LogP contribution in [0.5, 0.6) is 5.75 Å². The standard InChI is InChI=1S/C22H33ClN2O2/c1-2-3-15-24-16-5-4-6-18-7-9-19(10-8-18)17-25-22(26)27-21-13-11-20(23)12-14-21/h2,11-14,18-19,24H,1,3-10,15-17H2,(H,25,26). The minimum absolute atomic E-state index is 0.386. The van der Waals surface area contributed by atoms with Gasteiger partial charge >= 0.3 is 6.09 Å². The van der Waals surface area contributed by atoms with Gasteiger partial charge < -0.3 is 15.4 Å². The van der Waals surface area contributed by atoms with Crippen molar-refractivity contribution in [3.8, 4) is 5.75 Å². The third-order valence-corrected chi connectivity index (χ3v) is 5.52. The molecular formula is C22H33ClN2O2. The van der Waals surface area contributed by atoms with E-state index >= 15 is 0 Å². The summed E-state index contributed by atoms with van der Waals surface area (Å²) >= 11 is 5.83. The Morgan fingerprint density at radius 1 is 1.11 bits per heavy atom. The second-order valence-corrected chi connectivity index (χ2v) is 7.87. The van der Waals surface area contributed by atoms with Gasteiger partial charge in [-0.3, -0.25) is 0 Å². The molecule has 0 radical (unpaired) electrons. The number of carbonyl (C=O) groups is 1. The van der Waals surface area contributed by atoms with Gasteiger partial charge in [0, 0.05) is 11.6 Å². The highest BCUT2D eigenvalue weighted by atomic mass is 35.5. The van der Waals surface area contributed by atoms with Gasteiger partial charge in [0.2, 0.25) is 0 Å². The van der Waals surface area contributed by atoms with E-state index < -0.39 is 0 Å². The lowest BCUT2D eigenvalue weighted by Gasteiger charge is -2.28. The fraction of sp³-hybridized carbons (Fsp3) is 0.591. The fourth-order valence-corrected chi connectivity index (χ4v) is 3.74. The first-order valence-corrected chi connectivity index (χ1v) is 10.6. The summed E-state index contributed by atoms with van der Waals surface area (Å²) in [6.45, 7) is 6.59. The van der Waals surface area contributed by atoms with Gasteiger partial charge in [0.25, 0.3) is 0 Å². The molecule has 2 N–H and O–H groups in total. The zero-order valence-corrected chi connectivity index (χ0v) is 17.0. The molecule has 0 unspecified atom stereocenters. The average molecular weight is 393 g/mol. The van der Waals surface area contributed by atoms with E-state index in [1.807, 2.05) is 6.08 Å². The van der Waals surface area contributed by atoms with Crippen molar-refractivity contribution in [1.82, 2.24) is 10.6 Å². The fourth-order valence-electron chi connectivity index (χ4n) is 3.61. The van der Waals surface area contributed by atoms with Crippen molar-refractivity contribution >= 4 is 17.7 Å². The Hall–Kier alpha value is -1.52. The highest BCUT2D eigenvalue weighted by Crippen LogP contribution is 2.31. The predicted octanol–water partition coefficient (Wildman–Crippen LogP) is 5.57. The van der Waals surface area contributed by atoms with Crippen molar-refractivity contribution < 1.29 is 9.53 Å². The number of rotatable bonds is 11. The van der Waals surface area contributed by atoms with E-state index in [4.69, 9.17) is 16.3 Å². The molecule has 0 heterocycles. The molecule has 1 saturated carbocycles. The molecule has 0 bridgehead atoms. The quantitative estimate of drug-likeness (QED) is 0.382. The number of hydrogen-bond donors (Lipinski definition) is 2. The largest absolute Gasteiger partial charge is 0.412 e. The molecule has 150 valence electrons. The molecule has 5 heteroatoms. The molecule has 0 atom stereocenters. The molecular weight excluding hydrogens is 360 g/mol. The van der Waals surface area contributed by atoms with Gasteiger partial charge in [0.1, 0.15) is 5.75 Å². The van der Waals surface area contributed by atoms with Crippen LogP contribution >= 0.6 is 11.6 Å². The van der Waals surface area contributed by atoms with Crippen LogP contribution in [0.25, 0.3) is 0 Å². The van der Waals surface area contributed by atoms with Crippen molar-refractivity contribution in [2.24, 2.45) is 11.8 Å². The molecule has 4 nitrogen and oxygen atoms in total. The van der Waals surface area contributed by atoms with Gasteiger partial charge in [-0.05, 0) is 74.9 Å². The first-order chi connectivity index (χ1) is 13.2. The number of halogens is 1. The molecule has 0 spiro atoms. The van der Waals surface area contributed by atoms with Crippen LogP contribution in [0.15, 0.2) is 36.9 Å². The lowest BCUT2D eigenvalue weighted by molar-refractivity contribution is 0.193. The Morgan fingerprint density at radius 2 is 1.81 bits per heavy atom. The minimum Gasteiger partial charge on any atom is -0.410 e. The van der Waals surface area contributed by atoms with Crippen LogP contribution in [-0.2, 0) is 0 Å². The number of nitrogens with one attached hydrogen (secondary N) is 2. The van der Waals surface area contributed by atoms with Crippen molar-refractivity contribution in [1.29, 1.82) is 0 Å². The summed E-state index contributed by atoms with van der Waals surface area (Å²) in [6.07, 6.45) is 11.5. The third-order valence-electron chi connectivity index (χ3n) is 5.27. The van der Waals surface area contributed by atoms with Gasteiger partial charge in [-0.2, -0.15) is 0 Å². The van der Waals surface area contributed by atoms with E-state index in [9.17, 15) is 4.79 Å². The summed E-state index contributed by atoms with van der Waals surface area (Å²) in [5, 5.41) is 6.97. The molecule has 2 rings (SSSR count). The summed E-state index contributed by atoms with van der Waals surface area (Å²) in [5.74, 6) is 1.94. The second kappa shape index (κ2) is 12.8. The molecule has 1 amide bonds. The smallest absolute Gasteiger partial charge is 0.410 e. The normalized spacial score (nSPS) is 19.4. The highest BCUT2D eigenvalue weighted by Gasteiger charge is 2.21. The van der Waals surface area contributed by atoms with Gasteiger partial charge in [0.15, 0.2) is 0 Å². The van der Waals surface area contributed by atoms with E-state index in [0.717, 1.165) is 25.4 Å². The Labute approximate surface area is 168 Å². The number of benzene rings is 1. The van der Waals surface area contributed by atoms with Crippen molar-refractivity contribution in [2.45, 2.75) is 51.4 Å². The van der Waals surface area contributed by atoms with E-state index in [1.165, 1.54) is 44.9 Å². The van der Waals surface area contributed by atoms with Crippen LogP contribution in [0.1, 0.15) is 51.4 Å². The maximum Gasteiger partial charge on any atom is 0.412 e. The molecule has 1 aliphatic carbocycles. The number of amides is 1. The third kappa shape index (κ3) is 9.30. The highest BCUT2D eigenvalue weighted by molar-refractivity contribution is 6.30. The van der Waals surface area contributed by atoms with Crippen LogP contribution in [0.2, 0.25) is 5.02 Å². The molecule has 1 aliphatic rings. The zero-order valence-electron chi connectivity index (χ0n) is 16.2. The van der Waals surface area contributed by atoms with E-state index in [2.05, 4.69) is 17.2 Å². The van der Waals surface area contributed by atoms with Crippen LogP contribution in [0.4, 0.5) is 4.79 Å². The van der Waals surface area contributed by atoms with Gasteiger partial charge in [-0.1, -0.05) is 43.4 Å². The van der Waals surface area contributed by atoms with Gasteiger partial charge in [0.05, 0.1) is 0 Å². The van der Waals surface area contributed by atoms with Gasteiger partial charge in [-0.15, -0.1) is 6.58 Å². The maximum absolute atomic E-state index is 11.9. The second-order valence-electron chi connectivity index (χ2n) is 7.43. The Balaban J connectivity index is 1.51. The molecule has 1 aromatic rings. The van der Waals surface area contributed by atoms with Crippen LogP contribution < -0.4 is 15.4 Å². The van der Waals surface area contributed by atoms with Crippen molar-refractivity contribution in [3.63, 3.8) is 0 Å². The molecule has 27 heavy (non-hydrogen) atoms. The minimum atomic E-state index is -0.386. The van der Waals surface area contributed by atoms with Crippen LogP contribution in [-0.4, -0.2) is 25.7 Å². The lowest BCUT2D eigenvalue weighted by Crippen LogP contribution is -2.33. The Morgan fingerprint density at radius 3 is 2.52 bits per heavy atom. The van der Waals surface area contributed by atoms with Crippen molar-refractivity contribution in [3.05, 3.63) is 41.9 Å². The van der Waals surface area contributed by atoms with Gasteiger partial charge in [-0.25, -0.2) is 4.79 Å². The number of unbranched alkanes of at least 4 members (excludes halogenated alkanes) is 1. The summed E-state index contributed by atoms with van der Waals surface area (Å²) in [7, 11) is 0. The molecule has 1 fully saturated rings. The summed E-state index contributed by atoms with van der Waals surface area (Å²) in [6, 6.07) is 6.82. The lowest BCUT2D eigenvalue weighted by atomic mass is 9.80. The van der Waals surface area contributed by atoms with Crippen molar-refractivity contribution in [2.75, 3.05) is 19.6 Å². The van der Waals surface area contributed by atoms with Crippen LogP contribution in [0.3, 0.4) is 0 Å². The Bertz CT molecular complexity index is 554. The molecule has 0 aliphatic heterocycles.